The minimum Gasteiger partial charge on any atom is -0.336 e. The molecule has 0 aliphatic rings. The van der Waals surface area contributed by atoms with E-state index >= 15 is 0 Å². The van der Waals surface area contributed by atoms with Gasteiger partial charge in [0.2, 0.25) is 0 Å². The standard InChI is InChI=1S/C18H16N2O4/c1-2-6-18(21)24-19-16-10-9-15(20(22)23)11-14(16)12-17(19)13-7-4-3-5-8-13/h3-5,7-12H,2,6H2,1H3. The molecule has 6 nitrogen and oxygen atoms in total. The van der Waals surface area contributed by atoms with Crippen molar-refractivity contribution in [1.29, 1.82) is 0 Å². The maximum atomic E-state index is 12.0. The van der Waals surface area contributed by atoms with E-state index in [4.69, 9.17) is 4.84 Å². The summed E-state index contributed by atoms with van der Waals surface area (Å²) in [5.74, 6) is -0.342. The fraction of sp³-hybridized carbons (Fsp3) is 0.167. The summed E-state index contributed by atoms with van der Waals surface area (Å²) in [6.45, 7) is 1.90. The molecular weight excluding hydrogens is 308 g/mol. The second kappa shape index (κ2) is 6.54. The molecule has 2 aromatic carbocycles. The maximum Gasteiger partial charge on any atom is 0.332 e. The van der Waals surface area contributed by atoms with Gasteiger partial charge in [0.15, 0.2) is 0 Å². The summed E-state index contributed by atoms with van der Waals surface area (Å²) < 4.78 is 1.45. The van der Waals surface area contributed by atoms with Crippen LogP contribution in [-0.2, 0) is 4.79 Å². The van der Waals surface area contributed by atoms with E-state index in [1.54, 1.807) is 12.1 Å². The van der Waals surface area contributed by atoms with Gasteiger partial charge in [-0.1, -0.05) is 37.3 Å². The van der Waals surface area contributed by atoms with Crippen LogP contribution in [0.1, 0.15) is 19.8 Å². The minimum absolute atomic E-state index is 0.000790. The van der Waals surface area contributed by atoms with Crippen molar-refractivity contribution in [3.63, 3.8) is 0 Å². The van der Waals surface area contributed by atoms with Gasteiger partial charge in [0, 0.05) is 29.5 Å². The van der Waals surface area contributed by atoms with E-state index < -0.39 is 4.92 Å². The third kappa shape index (κ3) is 2.99. The summed E-state index contributed by atoms with van der Waals surface area (Å²) in [4.78, 5) is 28.0. The average Bonchev–Trinajstić information content (AvgIpc) is 2.93. The lowest BCUT2D eigenvalue weighted by Gasteiger charge is -2.10. The van der Waals surface area contributed by atoms with Gasteiger partial charge in [-0.15, -0.1) is 0 Å². The number of hydrogen-bond acceptors (Lipinski definition) is 4. The SMILES string of the molecule is CCCC(=O)On1c(-c2ccccc2)cc2cc([N+](=O)[O-])ccc21. The lowest BCUT2D eigenvalue weighted by molar-refractivity contribution is -0.384. The van der Waals surface area contributed by atoms with Crippen LogP contribution in [0.5, 0.6) is 0 Å². The first-order chi connectivity index (χ1) is 11.6. The van der Waals surface area contributed by atoms with Crippen molar-refractivity contribution < 1.29 is 14.6 Å². The molecule has 0 N–H and O–H groups in total. The zero-order valence-electron chi connectivity index (χ0n) is 13.1. The highest BCUT2D eigenvalue weighted by Gasteiger charge is 2.17. The van der Waals surface area contributed by atoms with Crippen LogP contribution in [-0.4, -0.2) is 15.6 Å². The molecule has 0 saturated carbocycles. The highest BCUT2D eigenvalue weighted by atomic mass is 16.7. The number of aromatic nitrogens is 1. The Labute approximate surface area is 138 Å². The van der Waals surface area contributed by atoms with E-state index in [1.807, 2.05) is 37.3 Å². The number of fused-ring (bicyclic) bond motifs is 1. The summed E-state index contributed by atoms with van der Waals surface area (Å²) in [6, 6.07) is 15.7. The molecular formula is C18H16N2O4. The number of nitro benzene ring substituents is 1. The van der Waals surface area contributed by atoms with Crippen molar-refractivity contribution in [2.24, 2.45) is 0 Å². The van der Waals surface area contributed by atoms with Crippen LogP contribution in [0.3, 0.4) is 0 Å². The van der Waals surface area contributed by atoms with Gasteiger partial charge in [0.25, 0.3) is 5.69 Å². The van der Waals surface area contributed by atoms with E-state index in [0.29, 0.717) is 29.4 Å². The first kappa shape index (κ1) is 15.7. The molecule has 24 heavy (non-hydrogen) atoms. The molecule has 3 rings (SSSR count). The Bertz CT molecular complexity index is 900. The van der Waals surface area contributed by atoms with Crippen molar-refractivity contribution in [3.05, 3.63) is 64.7 Å². The van der Waals surface area contributed by atoms with Crippen LogP contribution in [0.2, 0.25) is 0 Å². The fourth-order valence-electron chi connectivity index (χ4n) is 2.55. The van der Waals surface area contributed by atoms with Crippen LogP contribution >= 0.6 is 0 Å². The predicted molar refractivity (Wildman–Crippen MR) is 90.5 cm³/mol. The molecule has 0 amide bonds. The van der Waals surface area contributed by atoms with Crippen LogP contribution < -0.4 is 4.84 Å². The maximum absolute atomic E-state index is 12.0. The number of rotatable bonds is 5. The van der Waals surface area contributed by atoms with Crippen LogP contribution in [0.25, 0.3) is 22.2 Å². The molecule has 0 saturated heterocycles. The molecule has 0 aliphatic carbocycles. The molecule has 1 aromatic heterocycles. The van der Waals surface area contributed by atoms with E-state index in [0.717, 1.165) is 5.56 Å². The number of non-ortho nitro benzene ring substituents is 1. The van der Waals surface area contributed by atoms with Gasteiger partial charge < -0.3 is 4.84 Å². The lowest BCUT2D eigenvalue weighted by Crippen LogP contribution is -2.19. The predicted octanol–water partition coefficient (Wildman–Crippen LogP) is 3.97. The number of hydrogen-bond donors (Lipinski definition) is 0. The Morgan fingerprint density at radius 3 is 2.58 bits per heavy atom. The summed E-state index contributed by atoms with van der Waals surface area (Å²) in [7, 11) is 0. The average molecular weight is 324 g/mol. The van der Waals surface area contributed by atoms with Gasteiger partial charge in [-0.2, -0.15) is 4.73 Å². The van der Waals surface area contributed by atoms with Crippen molar-refractivity contribution in [2.75, 3.05) is 0 Å². The minimum atomic E-state index is -0.442. The highest BCUT2D eigenvalue weighted by molar-refractivity contribution is 5.89. The Morgan fingerprint density at radius 1 is 1.17 bits per heavy atom. The van der Waals surface area contributed by atoms with Gasteiger partial charge in [0.05, 0.1) is 16.1 Å². The first-order valence-electron chi connectivity index (χ1n) is 7.66. The van der Waals surface area contributed by atoms with Crippen molar-refractivity contribution in [2.45, 2.75) is 19.8 Å². The van der Waals surface area contributed by atoms with E-state index in [2.05, 4.69) is 0 Å². The quantitative estimate of drug-likeness (QED) is 0.525. The molecule has 0 bridgehead atoms. The second-order valence-corrected chi connectivity index (χ2v) is 5.40. The number of carbonyl (C=O) groups excluding carboxylic acids is 1. The molecule has 0 unspecified atom stereocenters. The summed E-state index contributed by atoms with van der Waals surface area (Å²) in [6.07, 6.45) is 0.991. The van der Waals surface area contributed by atoms with E-state index in [1.165, 1.54) is 16.9 Å². The first-order valence-corrected chi connectivity index (χ1v) is 7.66. The van der Waals surface area contributed by atoms with Gasteiger partial charge in [-0.3, -0.25) is 10.1 Å². The van der Waals surface area contributed by atoms with E-state index in [-0.39, 0.29) is 11.7 Å². The third-order valence-electron chi connectivity index (χ3n) is 3.67. The summed E-state index contributed by atoms with van der Waals surface area (Å²) in [5.41, 5.74) is 2.15. The van der Waals surface area contributed by atoms with Crippen LogP contribution in [0.15, 0.2) is 54.6 Å². The number of benzene rings is 2. The number of nitrogens with zero attached hydrogens (tertiary/aromatic N) is 2. The van der Waals surface area contributed by atoms with Gasteiger partial charge in [-0.25, -0.2) is 4.79 Å². The van der Waals surface area contributed by atoms with Gasteiger partial charge in [0.1, 0.15) is 0 Å². The number of nitro groups is 1. The zero-order valence-corrected chi connectivity index (χ0v) is 13.1. The smallest absolute Gasteiger partial charge is 0.332 e. The molecule has 0 radical (unpaired) electrons. The van der Waals surface area contributed by atoms with Crippen molar-refractivity contribution in [1.82, 2.24) is 4.73 Å². The molecule has 0 atom stereocenters. The molecule has 122 valence electrons. The topological polar surface area (TPSA) is 74.4 Å². The molecule has 1 heterocycles. The Morgan fingerprint density at radius 2 is 1.92 bits per heavy atom. The molecule has 0 spiro atoms. The summed E-state index contributed by atoms with van der Waals surface area (Å²) in [5, 5.41) is 11.6. The van der Waals surface area contributed by atoms with Crippen LogP contribution in [0.4, 0.5) is 5.69 Å². The van der Waals surface area contributed by atoms with Crippen LogP contribution in [0, 0.1) is 10.1 Å². The molecule has 3 aromatic rings. The largest absolute Gasteiger partial charge is 0.336 e. The van der Waals surface area contributed by atoms with Gasteiger partial charge in [-0.05, 0) is 18.6 Å². The Kier molecular flexibility index (Phi) is 4.29. The van der Waals surface area contributed by atoms with Crippen molar-refractivity contribution in [3.8, 4) is 11.3 Å². The Hall–Kier alpha value is -3.15. The molecule has 6 heteroatoms. The zero-order chi connectivity index (χ0) is 17.1. The monoisotopic (exact) mass is 324 g/mol. The molecule has 0 aliphatic heterocycles. The normalized spacial score (nSPS) is 10.7. The third-order valence-corrected chi connectivity index (χ3v) is 3.67. The van der Waals surface area contributed by atoms with E-state index in [9.17, 15) is 14.9 Å². The van der Waals surface area contributed by atoms with Gasteiger partial charge >= 0.3 is 5.97 Å². The fourth-order valence-corrected chi connectivity index (χ4v) is 2.55. The number of carbonyl (C=O) groups is 1. The van der Waals surface area contributed by atoms with Crippen molar-refractivity contribution >= 4 is 22.6 Å². The second-order valence-electron chi connectivity index (χ2n) is 5.40. The Balaban J connectivity index is 2.16. The lowest BCUT2D eigenvalue weighted by atomic mass is 10.1. The highest BCUT2D eigenvalue weighted by Crippen LogP contribution is 2.29. The molecule has 0 fully saturated rings. The summed E-state index contributed by atoms with van der Waals surface area (Å²) >= 11 is 0.